The normalized spacial score (nSPS) is 26.0. The van der Waals surface area contributed by atoms with Gasteiger partial charge in [-0.15, -0.1) is 0 Å². The van der Waals surface area contributed by atoms with Crippen molar-refractivity contribution in [3.63, 3.8) is 0 Å². The van der Waals surface area contributed by atoms with E-state index in [9.17, 15) is 5.11 Å². The minimum Gasteiger partial charge on any atom is -0.491 e. The van der Waals surface area contributed by atoms with E-state index in [4.69, 9.17) is 4.74 Å². The molecule has 3 nitrogen and oxygen atoms in total. The van der Waals surface area contributed by atoms with Crippen molar-refractivity contribution in [1.82, 2.24) is 5.32 Å². The Balaban J connectivity index is 1.97. The van der Waals surface area contributed by atoms with Gasteiger partial charge in [0.1, 0.15) is 5.75 Å². The molecule has 0 aliphatic heterocycles. The highest BCUT2D eigenvalue weighted by Gasteiger charge is 2.33. The van der Waals surface area contributed by atoms with E-state index >= 15 is 0 Å². The second-order valence-electron chi connectivity index (χ2n) is 6.81. The van der Waals surface area contributed by atoms with E-state index in [2.05, 4.69) is 24.4 Å². The zero-order valence-electron chi connectivity index (χ0n) is 13.6. The third-order valence-electron chi connectivity index (χ3n) is 4.33. The molecule has 2 unspecified atom stereocenters. The van der Waals surface area contributed by atoms with E-state index in [1.807, 2.05) is 26.0 Å². The van der Waals surface area contributed by atoms with Crippen molar-refractivity contribution < 1.29 is 9.84 Å². The molecule has 118 valence electrons. The number of hydrogen-bond acceptors (Lipinski definition) is 3. The second kappa shape index (κ2) is 7.28. The van der Waals surface area contributed by atoms with Crippen molar-refractivity contribution in [2.24, 2.45) is 5.92 Å². The number of aliphatic hydroxyl groups is 1. The highest BCUT2D eigenvalue weighted by molar-refractivity contribution is 5.28. The lowest BCUT2D eigenvalue weighted by Crippen LogP contribution is -2.51. The first-order chi connectivity index (χ1) is 10.0. The summed E-state index contributed by atoms with van der Waals surface area (Å²) >= 11 is 0. The molecule has 2 N–H and O–H groups in total. The maximum absolute atomic E-state index is 9.82. The Kier molecular flexibility index (Phi) is 5.65. The Labute approximate surface area is 128 Å². The zero-order valence-corrected chi connectivity index (χ0v) is 13.6. The molecule has 0 radical (unpaired) electrons. The molecule has 0 heterocycles. The lowest BCUT2D eigenvalue weighted by molar-refractivity contribution is 0.0982. The Morgan fingerprint density at radius 1 is 1.43 bits per heavy atom. The van der Waals surface area contributed by atoms with Crippen molar-refractivity contribution in [1.29, 1.82) is 0 Å². The first kappa shape index (κ1) is 16.3. The predicted octanol–water partition coefficient (Wildman–Crippen LogP) is 3.50. The van der Waals surface area contributed by atoms with Crippen LogP contribution in [-0.2, 0) is 6.54 Å². The molecular weight excluding hydrogens is 262 g/mol. The molecule has 1 saturated carbocycles. The second-order valence-corrected chi connectivity index (χ2v) is 6.81. The number of hydrogen-bond donors (Lipinski definition) is 2. The predicted molar refractivity (Wildman–Crippen MR) is 86.5 cm³/mol. The van der Waals surface area contributed by atoms with Gasteiger partial charge < -0.3 is 15.2 Å². The molecule has 3 heteroatoms. The van der Waals surface area contributed by atoms with Crippen molar-refractivity contribution in [2.75, 3.05) is 6.61 Å². The molecule has 2 atom stereocenters. The van der Waals surface area contributed by atoms with E-state index in [1.54, 1.807) is 0 Å². The minimum atomic E-state index is -0.105. The van der Waals surface area contributed by atoms with Gasteiger partial charge in [0.05, 0.1) is 12.7 Å². The van der Waals surface area contributed by atoms with Crippen LogP contribution in [0, 0.1) is 5.92 Å². The van der Waals surface area contributed by atoms with Gasteiger partial charge in [0.15, 0.2) is 0 Å². The van der Waals surface area contributed by atoms with Crippen molar-refractivity contribution in [2.45, 2.75) is 64.6 Å². The third kappa shape index (κ3) is 4.72. The van der Waals surface area contributed by atoms with Crippen LogP contribution in [0.5, 0.6) is 5.75 Å². The van der Waals surface area contributed by atoms with Crippen molar-refractivity contribution in [3.8, 4) is 5.75 Å². The molecule has 0 aromatic heterocycles. The minimum absolute atomic E-state index is 0.105. The van der Waals surface area contributed by atoms with Gasteiger partial charge in [0.2, 0.25) is 0 Å². The smallest absolute Gasteiger partial charge is 0.120 e. The Hall–Kier alpha value is -1.06. The van der Waals surface area contributed by atoms with Crippen LogP contribution in [0.4, 0.5) is 0 Å². The van der Waals surface area contributed by atoms with Gasteiger partial charge >= 0.3 is 0 Å². The first-order valence-corrected chi connectivity index (χ1v) is 8.14. The number of ether oxygens (including phenoxy) is 1. The van der Waals surface area contributed by atoms with Crippen LogP contribution < -0.4 is 10.1 Å². The molecule has 21 heavy (non-hydrogen) atoms. The maximum Gasteiger partial charge on any atom is 0.120 e. The average Bonchev–Trinajstić information content (AvgIpc) is 2.45. The van der Waals surface area contributed by atoms with Gasteiger partial charge in [0.25, 0.3) is 0 Å². The molecule has 2 rings (SSSR count). The molecular formula is C18H29NO2. The fourth-order valence-electron chi connectivity index (χ4n) is 3.31. The van der Waals surface area contributed by atoms with Crippen LogP contribution in [0.1, 0.15) is 52.0 Å². The van der Waals surface area contributed by atoms with Gasteiger partial charge in [-0.2, -0.15) is 0 Å². The van der Waals surface area contributed by atoms with E-state index in [0.717, 1.165) is 25.1 Å². The van der Waals surface area contributed by atoms with Crippen LogP contribution in [0.25, 0.3) is 0 Å². The third-order valence-corrected chi connectivity index (χ3v) is 4.33. The summed E-state index contributed by atoms with van der Waals surface area (Å²) in [5.74, 6) is 1.60. The summed E-state index contributed by atoms with van der Waals surface area (Å²) in [6.45, 7) is 7.36. The summed E-state index contributed by atoms with van der Waals surface area (Å²) in [6.07, 6.45) is 4.80. The number of rotatable bonds is 6. The number of benzene rings is 1. The molecule has 0 saturated heterocycles. The molecule has 1 aromatic carbocycles. The van der Waals surface area contributed by atoms with Gasteiger partial charge in [-0.25, -0.2) is 0 Å². The standard InChI is InChI=1S/C18H29NO2/c1-14(2)21-17-8-4-7-16(10-17)12-19-18(13-20)9-5-6-15(3)11-18/h4,7-8,10,14-15,19-20H,5-6,9,11-13H2,1-3H3. The Bertz CT molecular complexity index is 447. The lowest BCUT2D eigenvalue weighted by atomic mass is 9.77. The van der Waals surface area contributed by atoms with Crippen molar-refractivity contribution in [3.05, 3.63) is 29.8 Å². The summed E-state index contributed by atoms with van der Waals surface area (Å²) in [5.41, 5.74) is 1.10. The number of aliphatic hydroxyl groups excluding tert-OH is 1. The van der Waals surface area contributed by atoms with Gasteiger partial charge in [0, 0.05) is 12.1 Å². The van der Waals surface area contributed by atoms with Crippen LogP contribution in [0.3, 0.4) is 0 Å². The number of nitrogens with one attached hydrogen (secondary N) is 1. The summed E-state index contributed by atoms with van der Waals surface area (Å²) in [4.78, 5) is 0. The molecule has 1 aromatic rings. The Morgan fingerprint density at radius 3 is 2.90 bits per heavy atom. The highest BCUT2D eigenvalue weighted by Crippen LogP contribution is 2.32. The summed E-state index contributed by atoms with van der Waals surface area (Å²) < 4.78 is 5.74. The van der Waals surface area contributed by atoms with Crippen molar-refractivity contribution >= 4 is 0 Å². The van der Waals surface area contributed by atoms with Crippen LogP contribution >= 0.6 is 0 Å². The lowest BCUT2D eigenvalue weighted by Gasteiger charge is -2.39. The zero-order chi connectivity index (χ0) is 15.3. The monoisotopic (exact) mass is 291 g/mol. The van der Waals surface area contributed by atoms with E-state index in [0.29, 0.717) is 5.92 Å². The van der Waals surface area contributed by atoms with Crippen LogP contribution in [0.15, 0.2) is 24.3 Å². The molecule has 0 spiro atoms. The highest BCUT2D eigenvalue weighted by atomic mass is 16.5. The molecule has 0 amide bonds. The van der Waals surface area contributed by atoms with E-state index in [-0.39, 0.29) is 18.2 Å². The molecule has 0 bridgehead atoms. The Morgan fingerprint density at radius 2 is 2.24 bits per heavy atom. The summed E-state index contributed by atoms with van der Waals surface area (Å²) in [6, 6.07) is 8.22. The topological polar surface area (TPSA) is 41.5 Å². The summed E-state index contributed by atoms with van der Waals surface area (Å²) in [7, 11) is 0. The molecule has 1 fully saturated rings. The van der Waals surface area contributed by atoms with Gasteiger partial charge in [-0.1, -0.05) is 31.9 Å². The van der Waals surface area contributed by atoms with Crippen LogP contribution in [0.2, 0.25) is 0 Å². The fraction of sp³-hybridized carbons (Fsp3) is 0.667. The van der Waals surface area contributed by atoms with Crippen LogP contribution in [-0.4, -0.2) is 23.4 Å². The SMILES string of the molecule is CC1CCCC(CO)(NCc2cccc(OC(C)C)c2)C1. The maximum atomic E-state index is 9.82. The summed E-state index contributed by atoms with van der Waals surface area (Å²) in [5, 5.41) is 13.4. The van der Waals surface area contributed by atoms with Gasteiger partial charge in [-0.05, 0) is 50.3 Å². The molecule has 1 aliphatic rings. The largest absolute Gasteiger partial charge is 0.491 e. The van der Waals surface area contributed by atoms with Gasteiger partial charge in [-0.3, -0.25) is 0 Å². The van der Waals surface area contributed by atoms with E-state index in [1.165, 1.54) is 18.4 Å². The fourth-order valence-corrected chi connectivity index (χ4v) is 3.31. The molecule has 1 aliphatic carbocycles. The first-order valence-electron chi connectivity index (χ1n) is 8.14. The average molecular weight is 291 g/mol. The van der Waals surface area contributed by atoms with E-state index < -0.39 is 0 Å². The quantitative estimate of drug-likeness (QED) is 0.843.